The van der Waals surface area contributed by atoms with Crippen LogP contribution in [0.4, 0.5) is 0 Å². The van der Waals surface area contributed by atoms with Crippen LogP contribution >= 0.6 is 0 Å². The molecule has 3 fully saturated rings. The zero-order valence-corrected chi connectivity index (χ0v) is 22.3. The Bertz CT molecular complexity index is 724. The Morgan fingerprint density at radius 1 is 1.09 bits per heavy atom. The number of hydrogen-bond donors (Lipinski definition) is 1. The number of aliphatic hydroxyl groups excluding tert-OH is 1. The van der Waals surface area contributed by atoms with E-state index in [-0.39, 0.29) is 6.61 Å². The summed E-state index contributed by atoms with van der Waals surface area (Å²) in [4.78, 5) is 11.4. The van der Waals surface area contributed by atoms with E-state index in [2.05, 4.69) is 54.2 Å². The molecule has 0 aromatic carbocycles. The van der Waals surface area contributed by atoms with Crippen LogP contribution < -0.4 is 0 Å². The van der Waals surface area contributed by atoms with Gasteiger partial charge in [0.05, 0.1) is 6.61 Å². The van der Waals surface area contributed by atoms with E-state index in [0.717, 1.165) is 43.1 Å². The molecular weight excluding hydrogens is 392 g/mol. The molecule has 3 aliphatic carbocycles. The van der Waals surface area contributed by atoms with E-state index >= 15 is 0 Å². The molecule has 2 unspecified atom stereocenters. The third-order valence-electron chi connectivity index (χ3n) is 7.67. The molecule has 32 heavy (non-hydrogen) atoms. The number of hydrogen-bond acceptors (Lipinski definition) is 2. The van der Waals surface area contributed by atoms with Crippen molar-refractivity contribution in [3.8, 4) is 0 Å². The smallest absolute Gasteiger partial charge is 0.159 e. The third kappa shape index (κ3) is 8.85. The lowest BCUT2D eigenvalue weighted by molar-refractivity contribution is -0.117. The summed E-state index contributed by atoms with van der Waals surface area (Å²) in [5, 5.41) is 8.55. The van der Waals surface area contributed by atoms with Crippen LogP contribution in [0.5, 0.6) is 0 Å². The average molecular weight is 443 g/mol. The fourth-order valence-corrected chi connectivity index (χ4v) is 5.19. The lowest BCUT2D eigenvalue weighted by Crippen LogP contribution is -2.21. The molecule has 182 valence electrons. The van der Waals surface area contributed by atoms with Crippen molar-refractivity contribution in [3.63, 3.8) is 0 Å². The molecular formula is C30H50O2. The maximum Gasteiger partial charge on any atom is 0.159 e. The summed E-state index contributed by atoms with van der Waals surface area (Å²) >= 11 is 0. The van der Waals surface area contributed by atoms with Crippen LogP contribution in [0.2, 0.25) is 0 Å². The molecule has 0 amide bonds. The van der Waals surface area contributed by atoms with Gasteiger partial charge in [-0.05, 0) is 108 Å². The van der Waals surface area contributed by atoms with Gasteiger partial charge in [0.2, 0.25) is 0 Å². The van der Waals surface area contributed by atoms with E-state index in [9.17, 15) is 4.79 Å². The van der Waals surface area contributed by atoms with Gasteiger partial charge in [0.15, 0.2) is 5.78 Å². The summed E-state index contributed by atoms with van der Waals surface area (Å²) in [5.74, 6) is 2.83. The summed E-state index contributed by atoms with van der Waals surface area (Å²) in [6.07, 6.45) is 13.5. The fraction of sp³-hybridized carbons (Fsp3) is 0.700. The highest BCUT2D eigenvalue weighted by molar-refractivity contribution is 5.96. The Balaban J connectivity index is 0.000000240. The number of carbonyl (C=O) groups excluding carboxylic acids is 1. The topological polar surface area (TPSA) is 37.3 Å². The Kier molecular flexibility index (Phi) is 11.9. The zero-order chi connectivity index (χ0) is 24.5. The molecule has 1 N–H and O–H groups in total. The van der Waals surface area contributed by atoms with Crippen LogP contribution in [0.25, 0.3) is 0 Å². The molecule has 2 heteroatoms. The van der Waals surface area contributed by atoms with Crippen molar-refractivity contribution in [1.29, 1.82) is 0 Å². The standard InChI is InChI=1S/C10H16O.C10H18O.C10H16/c1-7(2)9-5-4-8(3)6-10(9)11;1-9(2)5-4-6-10(3)7-8-11;1-7-8-4-5-9(6-8)10(7,2)3/h8H,4-6H2,1-3H3;5,7,11H,4,6,8H2,1-3H3;8-9H,1,4-6H2,2-3H3/b;10-7+;/t8-;;/m1../s1. The second kappa shape index (κ2) is 13.3. The Labute approximate surface area is 199 Å². The Morgan fingerprint density at radius 2 is 1.75 bits per heavy atom. The van der Waals surface area contributed by atoms with Gasteiger partial charge in [0.25, 0.3) is 0 Å². The van der Waals surface area contributed by atoms with Crippen molar-refractivity contribution in [2.24, 2.45) is 23.2 Å². The second-order valence-corrected chi connectivity index (χ2v) is 11.3. The summed E-state index contributed by atoms with van der Waals surface area (Å²) in [5.41, 5.74) is 6.93. The van der Waals surface area contributed by atoms with Crippen molar-refractivity contribution in [2.45, 2.75) is 107 Å². The average Bonchev–Trinajstić information content (AvgIpc) is 3.25. The van der Waals surface area contributed by atoms with E-state index in [0.29, 0.717) is 17.1 Å². The van der Waals surface area contributed by atoms with E-state index in [4.69, 9.17) is 5.11 Å². The number of allylic oxidation sites excluding steroid dienone is 6. The van der Waals surface area contributed by atoms with Crippen molar-refractivity contribution < 1.29 is 9.90 Å². The molecule has 0 aromatic rings. The van der Waals surface area contributed by atoms with Gasteiger partial charge in [-0.25, -0.2) is 0 Å². The van der Waals surface area contributed by atoms with Gasteiger partial charge in [0.1, 0.15) is 0 Å². The number of ketones is 1. The Morgan fingerprint density at radius 3 is 2.16 bits per heavy atom. The summed E-state index contributed by atoms with van der Waals surface area (Å²) in [6.45, 7) is 21.5. The molecule has 0 spiro atoms. The first-order chi connectivity index (χ1) is 14.9. The molecule has 0 saturated heterocycles. The highest BCUT2D eigenvalue weighted by Gasteiger charge is 2.47. The zero-order valence-electron chi connectivity index (χ0n) is 22.3. The van der Waals surface area contributed by atoms with Crippen LogP contribution in [0, 0.1) is 23.2 Å². The number of aliphatic hydroxyl groups is 1. The van der Waals surface area contributed by atoms with E-state index in [1.54, 1.807) is 0 Å². The first kappa shape index (κ1) is 28.6. The van der Waals surface area contributed by atoms with Crippen LogP contribution in [-0.2, 0) is 4.79 Å². The lowest BCUT2D eigenvalue weighted by Gasteiger charge is -2.31. The van der Waals surface area contributed by atoms with Crippen molar-refractivity contribution in [3.05, 3.63) is 46.6 Å². The highest BCUT2D eigenvalue weighted by atomic mass is 16.2. The minimum atomic E-state index is 0.167. The second-order valence-electron chi connectivity index (χ2n) is 11.3. The van der Waals surface area contributed by atoms with E-state index in [1.165, 1.54) is 48.0 Å². The highest BCUT2D eigenvalue weighted by Crippen LogP contribution is 2.58. The molecule has 2 nitrogen and oxygen atoms in total. The minimum Gasteiger partial charge on any atom is -0.392 e. The van der Waals surface area contributed by atoms with Crippen LogP contribution in [-0.4, -0.2) is 17.5 Å². The molecule has 0 aromatic heterocycles. The fourth-order valence-electron chi connectivity index (χ4n) is 5.19. The summed E-state index contributed by atoms with van der Waals surface area (Å²) in [7, 11) is 0. The van der Waals surface area contributed by atoms with Crippen LogP contribution in [0.1, 0.15) is 107 Å². The monoisotopic (exact) mass is 442 g/mol. The molecule has 3 rings (SSSR count). The molecule has 0 aliphatic heterocycles. The maximum absolute atomic E-state index is 11.4. The van der Waals surface area contributed by atoms with Gasteiger partial charge in [-0.15, -0.1) is 0 Å². The van der Waals surface area contributed by atoms with Crippen LogP contribution in [0.15, 0.2) is 46.6 Å². The van der Waals surface area contributed by atoms with Crippen LogP contribution in [0.3, 0.4) is 0 Å². The third-order valence-corrected chi connectivity index (χ3v) is 7.67. The SMILES string of the molecule is C=C1C2CCC(C2)C1(C)C.CC(C)=C1CC[C@@H](C)CC1=O.CC(C)=CCC/C(C)=C/CO. The molecule has 2 bridgehead atoms. The largest absolute Gasteiger partial charge is 0.392 e. The van der Waals surface area contributed by atoms with Gasteiger partial charge in [-0.3, -0.25) is 4.79 Å². The number of fused-ring (bicyclic) bond motifs is 2. The van der Waals surface area contributed by atoms with E-state index in [1.807, 2.05) is 19.9 Å². The molecule has 3 aliphatic rings. The predicted octanol–water partition coefficient (Wildman–Crippen LogP) is 8.38. The van der Waals surface area contributed by atoms with Gasteiger partial charge < -0.3 is 5.11 Å². The number of Topliss-reactive ketones (excluding diaryl/α,β-unsaturated/α-hetero) is 1. The molecule has 3 atom stereocenters. The molecule has 0 heterocycles. The molecule has 0 radical (unpaired) electrons. The number of rotatable bonds is 4. The summed E-state index contributed by atoms with van der Waals surface area (Å²) in [6, 6.07) is 0. The summed E-state index contributed by atoms with van der Waals surface area (Å²) < 4.78 is 0. The first-order valence-electron chi connectivity index (χ1n) is 12.7. The maximum atomic E-state index is 11.4. The Hall–Kier alpha value is -1.41. The van der Waals surface area contributed by atoms with Crippen molar-refractivity contribution in [2.75, 3.05) is 6.61 Å². The first-order valence-corrected chi connectivity index (χ1v) is 12.7. The van der Waals surface area contributed by atoms with Crippen molar-refractivity contribution >= 4 is 5.78 Å². The normalized spacial score (nSPS) is 26.1. The molecule has 3 saturated carbocycles. The van der Waals surface area contributed by atoms with Crippen molar-refractivity contribution in [1.82, 2.24) is 0 Å². The minimum absolute atomic E-state index is 0.167. The lowest BCUT2D eigenvalue weighted by atomic mass is 9.73. The predicted molar refractivity (Wildman–Crippen MR) is 140 cm³/mol. The number of carbonyl (C=O) groups is 1. The van der Waals surface area contributed by atoms with E-state index < -0.39 is 0 Å². The van der Waals surface area contributed by atoms with Gasteiger partial charge in [-0.2, -0.15) is 0 Å². The van der Waals surface area contributed by atoms with Gasteiger partial charge >= 0.3 is 0 Å². The van der Waals surface area contributed by atoms with Gasteiger partial charge in [-0.1, -0.05) is 61.8 Å². The van der Waals surface area contributed by atoms with Gasteiger partial charge in [0, 0.05) is 6.42 Å². The quantitative estimate of drug-likeness (QED) is 0.350.